The van der Waals surface area contributed by atoms with Crippen molar-refractivity contribution in [1.29, 1.82) is 0 Å². The van der Waals surface area contributed by atoms with Gasteiger partial charge in [0.05, 0.1) is 5.56 Å². The lowest BCUT2D eigenvalue weighted by molar-refractivity contribution is 0.233. The zero-order valence-corrected chi connectivity index (χ0v) is 12.0. The van der Waals surface area contributed by atoms with Crippen molar-refractivity contribution >= 4 is 23.0 Å². The molecule has 2 rings (SSSR count). The van der Waals surface area contributed by atoms with Crippen LogP contribution in [0.5, 0.6) is 0 Å². The van der Waals surface area contributed by atoms with Crippen molar-refractivity contribution < 1.29 is 0 Å². The van der Waals surface area contributed by atoms with Crippen LogP contribution in [0.4, 0.5) is 5.82 Å². The van der Waals surface area contributed by atoms with Crippen molar-refractivity contribution in [3.63, 3.8) is 0 Å². The van der Waals surface area contributed by atoms with Gasteiger partial charge in [-0.1, -0.05) is 12.2 Å². The van der Waals surface area contributed by atoms with E-state index in [-0.39, 0.29) is 0 Å². The number of nitrogens with two attached hydrogens (primary N) is 1. The first kappa shape index (κ1) is 13.2. The van der Waals surface area contributed by atoms with Gasteiger partial charge in [-0.15, -0.1) is 0 Å². The number of rotatable bonds is 2. The maximum absolute atomic E-state index is 5.79. The number of piperazine rings is 1. The van der Waals surface area contributed by atoms with E-state index in [1.165, 1.54) is 0 Å². The van der Waals surface area contributed by atoms with Crippen molar-refractivity contribution in [2.24, 2.45) is 5.73 Å². The highest BCUT2D eigenvalue weighted by Crippen LogP contribution is 2.21. The standard InChI is InChI=1S/C13H20N4S/c1-9-4-5-11(12(14)18)13(15-9)17-7-6-16(3)10(2)8-17/h4-5,10H,6-8H2,1-3H3,(H2,14,18). The van der Waals surface area contributed by atoms with Crippen LogP contribution < -0.4 is 10.6 Å². The van der Waals surface area contributed by atoms with E-state index in [0.29, 0.717) is 11.0 Å². The normalized spacial score (nSPS) is 21.1. The van der Waals surface area contributed by atoms with E-state index < -0.39 is 0 Å². The molecule has 1 aromatic rings. The van der Waals surface area contributed by atoms with Crippen LogP contribution in [-0.4, -0.2) is 47.6 Å². The van der Waals surface area contributed by atoms with Crippen LogP contribution in [0.3, 0.4) is 0 Å². The number of hydrogen-bond acceptors (Lipinski definition) is 4. The van der Waals surface area contributed by atoms with Gasteiger partial charge in [-0.2, -0.15) is 0 Å². The summed E-state index contributed by atoms with van der Waals surface area (Å²) >= 11 is 5.12. The van der Waals surface area contributed by atoms with Crippen LogP contribution in [0.15, 0.2) is 12.1 Å². The molecule has 1 atom stereocenters. The molecule has 1 fully saturated rings. The van der Waals surface area contributed by atoms with E-state index in [1.807, 2.05) is 19.1 Å². The summed E-state index contributed by atoms with van der Waals surface area (Å²) in [5, 5.41) is 0. The van der Waals surface area contributed by atoms with Gasteiger partial charge >= 0.3 is 0 Å². The number of aryl methyl sites for hydroxylation is 1. The molecule has 0 spiro atoms. The van der Waals surface area contributed by atoms with Crippen LogP contribution in [-0.2, 0) is 0 Å². The van der Waals surface area contributed by atoms with Crippen molar-refractivity contribution in [2.45, 2.75) is 19.9 Å². The summed E-state index contributed by atoms with van der Waals surface area (Å²) in [5.41, 5.74) is 7.67. The number of anilines is 1. The lowest BCUT2D eigenvalue weighted by atomic mass is 10.1. The first-order chi connectivity index (χ1) is 8.49. The number of pyridine rings is 1. The Labute approximate surface area is 114 Å². The molecule has 1 aliphatic heterocycles. The quantitative estimate of drug-likeness (QED) is 0.812. The second-order valence-corrected chi connectivity index (χ2v) is 5.40. The van der Waals surface area contributed by atoms with Gasteiger partial charge in [0.15, 0.2) is 0 Å². The Bertz CT molecular complexity index is 460. The highest BCUT2D eigenvalue weighted by atomic mass is 32.1. The van der Waals surface area contributed by atoms with Crippen LogP contribution in [0.1, 0.15) is 18.2 Å². The molecule has 0 aliphatic carbocycles. The van der Waals surface area contributed by atoms with Gasteiger partial charge < -0.3 is 15.5 Å². The maximum atomic E-state index is 5.79. The fraction of sp³-hybridized carbons (Fsp3) is 0.538. The number of hydrogen-bond donors (Lipinski definition) is 1. The molecule has 0 radical (unpaired) electrons. The van der Waals surface area contributed by atoms with E-state index in [4.69, 9.17) is 18.0 Å². The molecular formula is C13H20N4S. The largest absolute Gasteiger partial charge is 0.389 e. The molecule has 5 heteroatoms. The van der Waals surface area contributed by atoms with Gasteiger partial charge in [0.1, 0.15) is 10.8 Å². The minimum absolute atomic E-state index is 0.420. The Morgan fingerprint density at radius 3 is 2.78 bits per heavy atom. The van der Waals surface area contributed by atoms with Crippen LogP contribution in [0, 0.1) is 6.92 Å². The molecule has 1 aliphatic rings. The Morgan fingerprint density at radius 1 is 1.44 bits per heavy atom. The van der Waals surface area contributed by atoms with Crippen molar-refractivity contribution in [2.75, 3.05) is 31.6 Å². The molecular weight excluding hydrogens is 244 g/mol. The third-order valence-electron chi connectivity index (χ3n) is 3.54. The second-order valence-electron chi connectivity index (χ2n) is 4.96. The molecule has 0 amide bonds. The van der Waals surface area contributed by atoms with Gasteiger partial charge in [-0.25, -0.2) is 4.98 Å². The second kappa shape index (κ2) is 5.20. The predicted molar refractivity (Wildman–Crippen MR) is 79.2 cm³/mol. The van der Waals surface area contributed by atoms with Crippen molar-refractivity contribution in [1.82, 2.24) is 9.88 Å². The number of nitrogens with zero attached hydrogens (tertiary/aromatic N) is 3. The summed E-state index contributed by atoms with van der Waals surface area (Å²) in [7, 11) is 2.15. The maximum Gasteiger partial charge on any atom is 0.139 e. The SMILES string of the molecule is Cc1ccc(C(N)=S)c(N2CCN(C)C(C)C2)n1. The molecule has 2 heterocycles. The van der Waals surface area contributed by atoms with Crippen LogP contribution in [0.25, 0.3) is 0 Å². The van der Waals surface area contributed by atoms with E-state index in [2.05, 4.69) is 28.8 Å². The summed E-state index contributed by atoms with van der Waals surface area (Å²) in [6.07, 6.45) is 0. The first-order valence-electron chi connectivity index (χ1n) is 6.21. The zero-order valence-electron chi connectivity index (χ0n) is 11.2. The highest BCUT2D eigenvalue weighted by Gasteiger charge is 2.23. The number of thiocarbonyl (C=S) groups is 1. The van der Waals surface area contributed by atoms with E-state index >= 15 is 0 Å². The van der Waals surface area contributed by atoms with E-state index in [0.717, 1.165) is 36.7 Å². The third-order valence-corrected chi connectivity index (χ3v) is 3.76. The first-order valence-corrected chi connectivity index (χ1v) is 6.62. The van der Waals surface area contributed by atoms with Gasteiger partial charge in [-0.3, -0.25) is 0 Å². The lowest BCUT2D eigenvalue weighted by Gasteiger charge is -2.39. The molecule has 98 valence electrons. The molecule has 0 bridgehead atoms. The van der Waals surface area contributed by atoms with E-state index in [1.54, 1.807) is 0 Å². The minimum atomic E-state index is 0.420. The Balaban J connectivity index is 2.32. The third kappa shape index (κ3) is 2.62. The highest BCUT2D eigenvalue weighted by molar-refractivity contribution is 7.80. The average Bonchev–Trinajstić information content (AvgIpc) is 2.32. The van der Waals surface area contributed by atoms with Gasteiger partial charge in [0, 0.05) is 31.4 Å². The fourth-order valence-corrected chi connectivity index (χ4v) is 2.38. The monoisotopic (exact) mass is 264 g/mol. The Kier molecular flexibility index (Phi) is 3.82. The molecule has 0 aromatic carbocycles. The lowest BCUT2D eigenvalue weighted by Crippen LogP contribution is -2.50. The van der Waals surface area contributed by atoms with E-state index in [9.17, 15) is 0 Å². The van der Waals surface area contributed by atoms with Crippen LogP contribution >= 0.6 is 12.2 Å². The van der Waals surface area contributed by atoms with Crippen molar-refractivity contribution in [3.8, 4) is 0 Å². The summed E-state index contributed by atoms with van der Waals surface area (Å²) in [6, 6.07) is 4.45. The molecule has 1 unspecified atom stereocenters. The average molecular weight is 264 g/mol. The molecule has 2 N–H and O–H groups in total. The van der Waals surface area contributed by atoms with Gasteiger partial charge in [0.25, 0.3) is 0 Å². The topological polar surface area (TPSA) is 45.4 Å². The molecule has 0 saturated carbocycles. The fourth-order valence-electron chi connectivity index (χ4n) is 2.22. The summed E-state index contributed by atoms with van der Waals surface area (Å²) in [6.45, 7) is 7.18. The minimum Gasteiger partial charge on any atom is -0.389 e. The Hall–Kier alpha value is -1.20. The summed E-state index contributed by atoms with van der Waals surface area (Å²) < 4.78 is 0. The molecule has 18 heavy (non-hydrogen) atoms. The number of aromatic nitrogens is 1. The zero-order chi connectivity index (χ0) is 13.3. The molecule has 1 aromatic heterocycles. The van der Waals surface area contributed by atoms with Crippen molar-refractivity contribution in [3.05, 3.63) is 23.4 Å². The summed E-state index contributed by atoms with van der Waals surface area (Å²) in [5.74, 6) is 0.933. The Morgan fingerprint density at radius 2 is 2.17 bits per heavy atom. The smallest absolute Gasteiger partial charge is 0.139 e. The molecule has 1 saturated heterocycles. The number of likely N-dealkylation sites (N-methyl/N-ethyl adjacent to an activating group) is 1. The van der Waals surface area contributed by atoms with Gasteiger partial charge in [-0.05, 0) is 33.0 Å². The molecule has 4 nitrogen and oxygen atoms in total. The predicted octanol–water partition coefficient (Wildman–Crippen LogP) is 1.16. The summed E-state index contributed by atoms with van der Waals surface area (Å²) in [4.78, 5) is 9.68. The van der Waals surface area contributed by atoms with Gasteiger partial charge in [0.2, 0.25) is 0 Å². The van der Waals surface area contributed by atoms with Crippen LogP contribution in [0.2, 0.25) is 0 Å².